The number of sulfonamides is 1. The molecule has 0 amide bonds. The van der Waals surface area contributed by atoms with E-state index in [0.717, 1.165) is 30.3 Å². The highest BCUT2D eigenvalue weighted by Crippen LogP contribution is 2.35. The lowest BCUT2D eigenvalue weighted by Gasteiger charge is -2.15. The highest BCUT2D eigenvalue weighted by molar-refractivity contribution is 7.89. The van der Waals surface area contributed by atoms with Crippen LogP contribution in [0, 0.1) is 5.82 Å². The van der Waals surface area contributed by atoms with E-state index in [1.54, 1.807) is 13.8 Å². The maximum atomic E-state index is 13.9. The molecule has 0 spiro atoms. The molecular weight excluding hydrogens is 373 g/mol. The molecule has 0 bridgehead atoms. The number of hydrogen-bond acceptors (Lipinski definition) is 5. The Morgan fingerprint density at radius 2 is 1.68 bits per heavy atom. The van der Waals surface area contributed by atoms with Crippen molar-refractivity contribution < 1.29 is 30.5 Å². The normalized spacial score (nSPS) is 12.4. The Hall–Kier alpha value is -2.01. The molecule has 10 heteroatoms. The van der Waals surface area contributed by atoms with E-state index in [9.17, 15) is 25.8 Å². The van der Waals surface area contributed by atoms with E-state index >= 15 is 0 Å². The maximum absolute atomic E-state index is 13.9. The van der Waals surface area contributed by atoms with E-state index in [1.807, 2.05) is 0 Å². The fourth-order valence-electron chi connectivity index (χ4n) is 2.25. The molecule has 0 aliphatic heterocycles. The van der Waals surface area contributed by atoms with E-state index in [1.165, 1.54) is 6.07 Å². The molecule has 2 rings (SSSR count). The first-order chi connectivity index (χ1) is 11.4. The first-order valence-corrected chi connectivity index (χ1v) is 10.00. The summed E-state index contributed by atoms with van der Waals surface area (Å²) in [6.45, 7) is 3.32. The third-order valence-corrected chi connectivity index (χ3v) is 5.00. The number of primary sulfonamides is 1. The molecule has 0 aliphatic rings. The van der Waals surface area contributed by atoms with Crippen molar-refractivity contribution in [3.8, 4) is 16.9 Å². The van der Waals surface area contributed by atoms with Gasteiger partial charge in [-0.1, -0.05) is 12.1 Å². The van der Waals surface area contributed by atoms with Gasteiger partial charge < -0.3 is 4.74 Å². The zero-order valence-corrected chi connectivity index (χ0v) is 14.9. The van der Waals surface area contributed by atoms with Gasteiger partial charge >= 0.3 is 0 Å². The number of rotatable bonds is 5. The van der Waals surface area contributed by atoms with Crippen molar-refractivity contribution in [2.45, 2.75) is 29.7 Å². The SMILES string of the molecule is CC(C)Oc1cc(-c2c(S(N)(=O)=O)cccc2S(=O)(=O)O)ccc1F. The highest BCUT2D eigenvalue weighted by Gasteiger charge is 2.25. The number of benzene rings is 2. The molecule has 2 aromatic carbocycles. The van der Waals surface area contributed by atoms with Crippen LogP contribution in [0.25, 0.3) is 11.1 Å². The summed E-state index contributed by atoms with van der Waals surface area (Å²) >= 11 is 0. The maximum Gasteiger partial charge on any atom is 0.295 e. The van der Waals surface area contributed by atoms with Gasteiger partial charge in [-0.15, -0.1) is 0 Å². The molecule has 0 aliphatic carbocycles. The van der Waals surface area contributed by atoms with Crippen LogP contribution < -0.4 is 9.88 Å². The summed E-state index contributed by atoms with van der Waals surface area (Å²) in [5.41, 5.74) is -0.351. The second-order valence-electron chi connectivity index (χ2n) is 5.46. The van der Waals surface area contributed by atoms with Gasteiger partial charge in [-0.3, -0.25) is 4.55 Å². The lowest BCUT2D eigenvalue weighted by molar-refractivity contribution is 0.231. The minimum Gasteiger partial charge on any atom is -0.488 e. The summed E-state index contributed by atoms with van der Waals surface area (Å²) in [6.07, 6.45) is -0.376. The number of halogens is 1. The second-order valence-corrected chi connectivity index (χ2v) is 8.38. The van der Waals surface area contributed by atoms with E-state index in [0.29, 0.717) is 0 Å². The van der Waals surface area contributed by atoms with Gasteiger partial charge in [0.15, 0.2) is 11.6 Å². The molecule has 2 aromatic rings. The fourth-order valence-corrected chi connectivity index (χ4v) is 3.83. The topological polar surface area (TPSA) is 124 Å². The van der Waals surface area contributed by atoms with Gasteiger partial charge in [0.1, 0.15) is 4.90 Å². The Labute approximate surface area is 145 Å². The summed E-state index contributed by atoms with van der Waals surface area (Å²) in [5, 5.41) is 5.15. The second kappa shape index (κ2) is 6.71. The average Bonchev–Trinajstić information content (AvgIpc) is 2.46. The van der Waals surface area contributed by atoms with Crippen molar-refractivity contribution in [3.63, 3.8) is 0 Å². The molecule has 7 nitrogen and oxygen atoms in total. The molecule has 0 heterocycles. The Morgan fingerprint density at radius 3 is 2.20 bits per heavy atom. The molecule has 136 valence electrons. The van der Waals surface area contributed by atoms with Gasteiger partial charge in [-0.05, 0) is 43.7 Å². The van der Waals surface area contributed by atoms with Crippen LogP contribution in [0.15, 0.2) is 46.2 Å². The van der Waals surface area contributed by atoms with Crippen molar-refractivity contribution >= 4 is 20.1 Å². The summed E-state index contributed by atoms with van der Waals surface area (Å²) in [7, 11) is -9.09. The van der Waals surface area contributed by atoms with Crippen LogP contribution in [0.1, 0.15) is 13.8 Å². The van der Waals surface area contributed by atoms with Crippen LogP contribution in [0.4, 0.5) is 4.39 Å². The van der Waals surface area contributed by atoms with Crippen LogP contribution in [0.2, 0.25) is 0 Å². The van der Waals surface area contributed by atoms with Gasteiger partial charge in [0.05, 0.1) is 11.0 Å². The zero-order chi connectivity index (χ0) is 19.0. The molecule has 25 heavy (non-hydrogen) atoms. The molecular formula is C15H16FNO6S2. The molecule has 0 saturated heterocycles. The quantitative estimate of drug-likeness (QED) is 0.756. The lowest BCUT2D eigenvalue weighted by Crippen LogP contribution is -2.15. The van der Waals surface area contributed by atoms with Crippen LogP contribution in [-0.4, -0.2) is 27.5 Å². The molecule has 0 fully saturated rings. The van der Waals surface area contributed by atoms with Crippen LogP contribution in [0.5, 0.6) is 5.75 Å². The minimum absolute atomic E-state index is 0.00861. The van der Waals surface area contributed by atoms with Crippen molar-refractivity contribution in [1.82, 2.24) is 0 Å². The minimum atomic E-state index is -4.76. The van der Waals surface area contributed by atoms with Crippen LogP contribution in [-0.2, 0) is 20.1 Å². The van der Waals surface area contributed by atoms with E-state index in [4.69, 9.17) is 9.88 Å². The fraction of sp³-hybridized carbons (Fsp3) is 0.200. The van der Waals surface area contributed by atoms with Crippen LogP contribution >= 0.6 is 0 Å². The van der Waals surface area contributed by atoms with Gasteiger partial charge in [0.25, 0.3) is 10.1 Å². The third kappa shape index (κ3) is 4.34. The summed E-state index contributed by atoms with van der Waals surface area (Å²) in [5.74, 6) is -0.906. The Bertz CT molecular complexity index is 966. The van der Waals surface area contributed by atoms with Gasteiger partial charge in [0, 0.05) is 5.56 Å². The Balaban J connectivity index is 2.86. The molecule has 0 saturated carbocycles. The van der Waals surface area contributed by atoms with E-state index < -0.39 is 35.7 Å². The van der Waals surface area contributed by atoms with E-state index in [2.05, 4.69) is 0 Å². The lowest BCUT2D eigenvalue weighted by atomic mass is 10.0. The van der Waals surface area contributed by atoms with Crippen molar-refractivity contribution in [1.29, 1.82) is 0 Å². The highest BCUT2D eigenvalue weighted by atomic mass is 32.2. The largest absolute Gasteiger partial charge is 0.488 e. The summed E-state index contributed by atoms with van der Waals surface area (Å²) in [6, 6.07) is 6.55. The summed E-state index contributed by atoms with van der Waals surface area (Å²) in [4.78, 5) is -1.19. The molecule has 3 N–H and O–H groups in total. The van der Waals surface area contributed by atoms with Crippen molar-refractivity contribution in [3.05, 3.63) is 42.2 Å². The predicted octanol–water partition coefficient (Wildman–Crippen LogP) is 2.17. The van der Waals surface area contributed by atoms with Crippen LogP contribution in [0.3, 0.4) is 0 Å². The Morgan fingerprint density at radius 1 is 1.08 bits per heavy atom. The smallest absolute Gasteiger partial charge is 0.295 e. The van der Waals surface area contributed by atoms with Gasteiger partial charge in [0.2, 0.25) is 10.0 Å². The molecule has 0 atom stereocenters. The van der Waals surface area contributed by atoms with E-state index in [-0.39, 0.29) is 23.0 Å². The standard InChI is InChI=1S/C15H16FNO6S2/c1-9(2)23-12-8-10(6-7-11(12)16)15-13(24(17,18)19)4-3-5-14(15)25(20,21)22/h3-9H,1-2H3,(H2,17,18,19)(H,20,21,22). The third-order valence-electron chi connectivity index (χ3n) is 3.15. The first-order valence-electron chi connectivity index (χ1n) is 7.01. The Kier molecular flexibility index (Phi) is 5.19. The number of ether oxygens (including phenoxy) is 1. The van der Waals surface area contributed by atoms with Gasteiger partial charge in [-0.25, -0.2) is 17.9 Å². The van der Waals surface area contributed by atoms with Crippen molar-refractivity contribution in [2.75, 3.05) is 0 Å². The summed E-state index contributed by atoms with van der Waals surface area (Å²) < 4.78 is 75.6. The van der Waals surface area contributed by atoms with Gasteiger partial charge in [-0.2, -0.15) is 8.42 Å². The van der Waals surface area contributed by atoms with Crippen molar-refractivity contribution in [2.24, 2.45) is 5.14 Å². The molecule has 0 radical (unpaired) electrons. The predicted molar refractivity (Wildman–Crippen MR) is 88.8 cm³/mol. The first kappa shape index (κ1) is 19.3. The monoisotopic (exact) mass is 389 g/mol. The molecule has 0 unspecified atom stereocenters. The zero-order valence-electron chi connectivity index (χ0n) is 13.3. The molecule has 0 aromatic heterocycles. The number of hydrogen-bond donors (Lipinski definition) is 2. The average molecular weight is 389 g/mol. The number of nitrogens with two attached hydrogens (primary N) is 1.